The molecule has 0 amide bonds. The van der Waals surface area contributed by atoms with E-state index in [0.717, 1.165) is 35.2 Å². The van der Waals surface area contributed by atoms with Crippen LogP contribution in [0.25, 0.3) is 28.2 Å². The number of benzene rings is 2. The first-order chi connectivity index (χ1) is 16.5. The number of H-pyrrole nitrogens is 1. The number of ether oxygens (including phenoxy) is 1. The average Bonchev–Trinajstić information content (AvgIpc) is 3.39. The largest absolute Gasteiger partial charge is 0.461 e. The van der Waals surface area contributed by atoms with Crippen LogP contribution in [0.5, 0.6) is 0 Å². The third-order valence-electron chi connectivity index (χ3n) is 5.56. The lowest BCUT2D eigenvalue weighted by molar-refractivity contribution is 0.0514. The predicted molar refractivity (Wildman–Crippen MR) is 128 cm³/mol. The Kier molecular flexibility index (Phi) is 6.91. The molecule has 0 atom stereocenters. The second kappa shape index (κ2) is 10.2. The molecule has 174 valence electrons. The molecule has 9 heteroatoms. The summed E-state index contributed by atoms with van der Waals surface area (Å²) in [4.78, 5) is 29.7. The zero-order valence-electron chi connectivity index (χ0n) is 19.4. The van der Waals surface area contributed by atoms with Crippen molar-refractivity contribution in [2.75, 3.05) is 6.61 Å². The van der Waals surface area contributed by atoms with Gasteiger partial charge in [0.25, 0.3) is 5.56 Å². The van der Waals surface area contributed by atoms with Gasteiger partial charge < -0.3 is 4.74 Å². The van der Waals surface area contributed by atoms with Gasteiger partial charge in [0.05, 0.1) is 6.61 Å². The van der Waals surface area contributed by atoms with E-state index in [-0.39, 0.29) is 17.9 Å². The zero-order valence-corrected chi connectivity index (χ0v) is 19.4. The van der Waals surface area contributed by atoms with Crippen LogP contribution in [0.3, 0.4) is 0 Å². The summed E-state index contributed by atoms with van der Waals surface area (Å²) < 4.78 is 7.04. The third-order valence-corrected chi connectivity index (χ3v) is 5.56. The molecule has 2 aromatic carbocycles. The lowest BCUT2D eigenvalue weighted by atomic mass is 9.99. The average molecular weight is 459 g/mol. The Morgan fingerprint density at radius 3 is 2.44 bits per heavy atom. The van der Waals surface area contributed by atoms with E-state index in [2.05, 4.69) is 32.5 Å². The number of rotatable bonds is 8. The Balaban J connectivity index is 1.84. The quantitative estimate of drug-likeness (QED) is 0.398. The summed E-state index contributed by atoms with van der Waals surface area (Å²) in [6, 6.07) is 15.5. The minimum atomic E-state index is -0.538. The van der Waals surface area contributed by atoms with E-state index in [4.69, 9.17) is 4.74 Å². The highest BCUT2D eigenvalue weighted by atomic mass is 16.5. The topological polar surface area (TPSA) is 116 Å². The van der Waals surface area contributed by atoms with E-state index in [9.17, 15) is 9.59 Å². The normalized spacial score (nSPS) is 10.9. The van der Waals surface area contributed by atoms with Crippen molar-refractivity contribution in [2.24, 2.45) is 0 Å². The van der Waals surface area contributed by atoms with Crippen molar-refractivity contribution in [3.8, 4) is 28.2 Å². The second-order valence-corrected chi connectivity index (χ2v) is 7.79. The standard InChI is InChI=1S/C25H26N6O3/c1-4-6-11-21-26-24(32)16(3)22(25(33)34-5-2)31(21)18-14-12-17(13-15-18)19-9-7-8-10-20(19)23-27-29-30-28-23/h7-10,12-15H,4-6,11H2,1-3H3,(H,27,28,29,30). The zero-order chi connectivity index (χ0) is 24.1. The highest BCUT2D eigenvalue weighted by molar-refractivity contribution is 5.90. The van der Waals surface area contributed by atoms with Crippen molar-refractivity contribution in [1.82, 2.24) is 30.2 Å². The third kappa shape index (κ3) is 4.50. The summed E-state index contributed by atoms with van der Waals surface area (Å²) in [7, 11) is 0. The van der Waals surface area contributed by atoms with Gasteiger partial charge in [0, 0.05) is 23.2 Å². The highest BCUT2D eigenvalue weighted by Crippen LogP contribution is 2.30. The fraction of sp³-hybridized carbons (Fsp3) is 0.280. The molecule has 2 heterocycles. The van der Waals surface area contributed by atoms with Crippen molar-refractivity contribution < 1.29 is 9.53 Å². The molecule has 4 rings (SSSR count). The maximum Gasteiger partial charge on any atom is 0.355 e. The maximum absolute atomic E-state index is 12.9. The Hall–Kier alpha value is -4.14. The van der Waals surface area contributed by atoms with Gasteiger partial charge in [-0.2, -0.15) is 10.2 Å². The first kappa shape index (κ1) is 23.0. The van der Waals surface area contributed by atoms with Crippen LogP contribution in [0.4, 0.5) is 0 Å². The molecule has 0 bridgehead atoms. The molecule has 0 radical (unpaired) electrons. The second-order valence-electron chi connectivity index (χ2n) is 7.79. The minimum Gasteiger partial charge on any atom is -0.461 e. The molecule has 0 spiro atoms. The summed E-state index contributed by atoms with van der Waals surface area (Å²) in [6.07, 6.45) is 2.35. The van der Waals surface area contributed by atoms with Gasteiger partial charge in [-0.05, 0) is 48.7 Å². The van der Waals surface area contributed by atoms with Crippen LogP contribution in [0, 0.1) is 6.92 Å². The van der Waals surface area contributed by atoms with Gasteiger partial charge in [0.15, 0.2) is 0 Å². The monoisotopic (exact) mass is 458 g/mol. The predicted octanol–water partition coefficient (Wildman–Crippen LogP) is 3.91. The molecule has 4 aromatic rings. The molecule has 0 saturated heterocycles. The molecule has 9 nitrogen and oxygen atoms in total. The lowest BCUT2D eigenvalue weighted by Crippen LogP contribution is -2.27. The number of nitrogens with zero attached hydrogens (tertiary/aromatic N) is 5. The number of tetrazole rings is 1. The molecule has 0 aliphatic heterocycles. The fourth-order valence-electron chi connectivity index (χ4n) is 3.87. The number of aromatic amines is 1. The van der Waals surface area contributed by atoms with Gasteiger partial charge >= 0.3 is 5.97 Å². The molecule has 0 unspecified atom stereocenters. The van der Waals surface area contributed by atoms with Crippen LogP contribution in [0.2, 0.25) is 0 Å². The highest BCUT2D eigenvalue weighted by Gasteiger charge is 2.22. The summed E-state index contributed by atoms with van der Waals surface area (Å²) >= 11 is 0. The molecule has 0 aliphatic rings. The van der Waals surface area contributed by atoms with Gasteiger partial charge in [-0.25, -0.2) is 4.79 Å². The Labute approximate surface area is 196 Å². The van der Waals surface area contributed by atoms with Gasteiger partial charge in [0.1, 0.15) is 11.5 Å². The van der Waals surface area contributed by atoms with Gasteiger partial charge in [-0.1, -0.05) is 49.7 Å². The van der Waals surface area contributed by atoms with Crippen molar-refractivity contribution >= 4 is 5.97 Å². The summed E-state index contributed by atoms with van der Waals surface area (Å²) in [5.41, 5.74) is 3.55. The van der Waals surface area contributed by atoms with E-state index >= 15 is 0 Å². The maximum atomic E-state index is 12.9. The number of carbonyl (C=O) groups excluding carboxylic acids is 1. The van der Waals surface area contributed by atoms with E-state index in [0.29, 0.717) is 18.1 Å². The number of aryl methyl sites for hydroxylation is 1. The number of aromatic nitrogens is 6. The summed E-state index contributed by atoms with van der Waals surface area (Å²) in [5, 5.41) is 14.4. The van der Waals surface area contributed by atoms with Crippen LogP contribution in [0.15, 0.2) is 53.3 Å². The minimum absolute atomic E-state index is 0.213. The Bertz CT molecular complexity index is 1340. The summed E-state index contributed by atoms with van der Waals surface area (Å²) in [5.74, 6) is 0.510. The van der Waals surface area contributed by atoms with Crippen LogP contribution in [-0.2, 0) is 11.2 Å². The number of hydrogen-bond donors (Lipinski definition) is 1. The van der Waals surface area contributed by atoms with Crippen molar-refractivity contribution in [3.63, 3.8) is 0 Å². The van der Waals surface area contributed by atoms with Crippen molar-refractivity contribution in [1.29, 1.82) is 0 Å². The van der Waals surface area contributed by atoms with Gasteiger partial charge in [-0.3, -0.25) is 9.36 Å². The van der Waals surface area contributed by atoms with Gasteiger partial charge in [-0.15, -0.1) is 10.2 Å². The van der Waals surface area contributed by atoms with Crippen molar-refractivity contribution in [2.45, 2.75) is 40.0 Å². The van der Waals surface area contributed by atoms with Crippen LogP contribution >= 0.6 is 0 Å². The molecule has 0 fully saturated rings. The lowest BCUT2D eigenvalue weighted by Gasteiger charge is -2.19. The molecule has 2 aromatic heterocycles. The first-order valence-electron chi connectivity index (χ1n) is 11.3. The molecular weight excluding hydrogens is 432 g/mol. The van der Waals surface area contributed by atoms with E-state index in [1.807, 2.05) is 48.5 Å². The van der Waals surface area contributed by atoms with Crippen LogP contribution in [0.1, 0.15) is 48.6 Å². The van der Waals surface area contributed by atoms with Crippen LogP contribution in [-0.4, -0.2) is 42.8 Å². The SMILES string of the molecule is CCCCc1nc(=O)c(C)c(C(=O)OCC)n1-c1ccc(-c2ccccc2-c2nn[nH]n2)cc1. The molecular formula is C25H26N6O3. The van der Waals surface area contributed by atoms with E-state index in [1.165, 1.54) is 0 Å². The molecule has 0 saturated carbocycles. The number of esters is 1. The van der Waals surface area contributed by atoms with E-state index in [1.54, 1.807) is 18.4 Å². The van der Waals surface area contributed by atoms with Crippen LogP contribution < -0.4 is 5.56 Å². The Morgan fingerprint density at radius 2 is 1.79 bits per heavy atom. The number of nitrogens with one attached hydrogen (secondary N) is 1. The number of unbranched alkanes of at least 4 members (excludes halogenated alkanes) is 1. The van der Waals surface area contributed by atoms with Gasteiger partial charge in [0.2, 0.25) is 5.82 Å². The van der Waals surface area contributed by atoms with E-state index < -0.39 is 11.5 Å². The van der Waals surface area contributed by atoms with Crippen molar-refractivity contribution in [3.05, 3.63) is 76.0 Å². The number of hydrogen-bond acceptors (Lipinski definition) is 7. The smallest absolute Gasteiger partial charge is 0.355 e. The molecule has 1 N–H and O–H groups in total. The molecule has 34 heavy (non-hydrogen) atoms. The summed E-state index contributed by atoms with van der Waals surface area (Å²) in [6.45, 7) is 5.63. The fourth-order valence-corrected chi connectivity index (χ4v) is 3.87. The Morgan fingerprint density at radius 1 is 1.06 bits per heavy atom. The number of carbonyl (C=O) groups is 1. The first-order valence-corrected chi connectivity index (χ1v) is 11.3. The molecule has 0 aliphatic carbocycles.